The normalized spacial score (nSPS) is 21.5. The van der Waals surface area contributed by atoms with E-state index >= 15 is 0 Å². The van der Waals surface area contributed by atoms with E-state index in [4.69, 9.17) is 16.7 Å². The maximum Gasteiger partial charge on any atom is 0.286 e. The smallest absolute Gasteiger partial charge is 0.286 e. The Labute approximate surface area is 168 Å². The zero-order chi connectivity index (χ0) is 18.8. The first-order valence-corrected chi connectivity index (χ1v) is 10.5. The molecular formula is C20H24ClN3O2S+2. The summed E-state index contributed by atoms with van der Waals surface area (Å²) >= 11 is 7.91. The molecule has 1 amide bonds. The number of anilines is 2. The summed E-state index contributed by atoms with van der Waals surface area (Å²) in [6.45, 7) is 5.39. The summed E-state index contributed by atoms with van der Waals surface area (Å²) in [6, 6.07) is 13.8. The van der Waals surface area contributed by atoms with Crippen LogP contribution in [0.3, 0.4) is 0 Å². The van der Waals surface area contributed by atoms with Crippen LogP contribution in [0.4, 0.5) is 11.4 Å². The molecule has 2 heterocycles. The molecule has 1 fully saturated rings. The molecule has 0 saturated carbocycles. The van der Waals surface area contributed by atoms with Crippen molar-refractivity contribution in [1.82, 2.24) is 0 Å². The van der Waals surface area contributed by atoms with Crippen LogP contribution in [0.2, 0.25) is 5.02 Å². The second kappa shape index (κ2) is 8.20. The molecule has 0 spiro atoms. The minimum absolute atomic E-state index is 0.104. The third-order valence-electron chi connectivity index (χ3n) is 5.27. The highest BCUT2D eigenvalue weighted by Crippen LogP contribution is 2.48. The van der Waals surface area contributed by atoms with Gasteiger partial charge in [0.05, 0.1) is 18.0 Å². The van der Waals surface area contributed by atoms with Crippen LogP contribution >= 0.6 is 23.4 Å². The van der Waals surface area contributed by atoms with Crippen molar-refractivity contribution in [3.8, 4) is 0 Å². The van der Waals surface area contributed by atoms with Gasteiger partial charge in [-0.1, -0.05) is 35.5 Å². The monoisotopic (exact) mass is 405 g/mol. The lowest BCUT2D eigenvalue weighted by Crippen LogP contribution is -3.28. The maximum absolute atomic E-state index is 13.3. The number of carbonyl (C=O) groups is 1. The van der Waals surface area contributed by atoms with Crippen molar-refractivity contribution in [3.05, 3.63) is 47.5 Å². The number of amides is 1. The second-order valence-electron chi connectivity index (χ2n) is 7.06. The summed E-state index contributed by atoms with van der Waals surface area (Å²) in [5, 5.41) is 9.75. The van der Waals surface area contributed by atoms with Crippen LogP contribution in [0, 0.1) is 0 Å². The first-order chi connectivity index (χ1) is 13.2. The van der Waals surface area contributed by atoms with Crippen molar-refractivity contribution in [1.29, 1.82) is 0 Å². The highest BCUT2D eigenvalue weighted by atomic mass is 35.5. The molecular weight excluding hydrogens is 382 g/mol. The summed E-state index contributed by atoms with van der Waals surface area (Å²) in [6.07, 6.45) is 0. The lowest BCUT2D eigenvalue weighted by Gasteiger charge is -2.33. The van der Waals surface area contributed by atoms with E-state index in [1.165, 1.54) is 9.80 Å². The number of hydrogen-bond donors (Lipinski definition) is 3. The highest BCUT2D eigenvalue weighted by Gasteiger charge is 2.32. The van der Waals surface area contributed by atoms with E-state index in [-0.39, 0.29) is 12.5 Å². The topological polar surface area (TPSA) is 49.4 Å². The molecule has 1 saturated heterocycles. The zero-order valence-corrected chi connectivity index (χ0v) is 16.7. The van der Waals surface area contributed by atoms with Crippen molar-refractivity contribution in [2.24, 2.45) is 0 Å². The molecule has 4 rings (SSSR count). The molecule has 2 aromatic rings. The largest absolute Gasteiger partial charge is 0.391 e. The third kappa shape index (κ3) is 4.00. The molecule has 142 valence electrons. The number of nitrogens with zero attached hydrogens (tertiary/aromatic N) is 1. The van der Waals surface area contributed by atoms with Crippen LogP contribution in [0.15, 0.2) is 52.3 Å². The van der Waals surface area contributed by atoms with Gasteiger partial charge in [-0.25, -0.2) is 0 Å². The number of nitrogens with one attached hydrogen (secondary N) is 2. The molecule has 2 aromatic carbocycles. The molecule has 5 nitrogen and oxygen atoms in total. The molecule has 0 aliphatic carbocycles. The van der Waals surface area contributed by atoms with Gasteiger partial charge in [0.25, 0.3) is 5.91 Å². The number of benzene rings is 2. The van der Waals surface area contributed by atoms with Gasteiger partial charge in [0, 0.05) is 14.8 Å². The van der Waals surface area contributed by atoms with Gasteiger partial charge in [-0.3, -0.25) is 9.69 Å². The van der Waals surface area contributed by atoms with Crippen LogP contribution in [0.1, 0.15) is 0 Å². The number of fused-ring (bicyclic) bond motifs is 2. The molecule has 0 aromatic heterocycles. The Kier molecular flexibility index (Phi) is 5.71. The van der Waals surface area contributed by atoms with E-state index in [1.807, 2.05) is 41.3 Å². The Morgan fingerprint density at radius 1 is 1.04 bits per heavy atom. The minimum atomic E-state index is 0.104. The highest BCUT2D eigenvalue weighted by molar-refractivity contribution is 7.99. The van der Waals surface area contributed by atoms with E-state index in [9.17, 15) is 4.79 Å². The maximum atomic E-state index is 13.3. The van der Waals surface area contributed by atoms with E-state index in [0.717, 1.165) is 53.9 Å². The van der Waals surface area contributed by atoms with Crippen LogP contribution in [-0.2, 0) is 4.79 Å². The number of halogens is 1. The Morgan fingerprint density at radius 2 is 1.74 bits per heavy atom. The van der Waals surface area contributed by atoms with Gasteiger partial charge in [0.1, 0.15) is 32.7 Å². The number of aliphatic hydroxyl groups is 1. The average molecular weight is 406 g/mol. The van der Waals surface area contributed by atoms with E-state index in [1.54, 1.807) is 11.8 Å². The molecule has 0 bridgehead atoms. The molecule has 27 heavy (non-hydrogen) atoms. The molecule has 3 N–H and O–H groups in total. The Morgan fingerprint density at radius 3 is 2.52 bits per heavy atom. The molecule has 0 atom stereocenters. The Hall–Kier alpha value is -1.57. The Bertz CT molecular complexity index is 840. The van der Waals surface area contributed by atoms with E-state index in [0.29, 0.717) is 11.6 Å². The van der Waals surface area contributed by atoms with Crippen LogP contribution < -0.4 is 14.7 Å². The van der Waals surface area contributed by atoms with Gasteiger partial charge in [-0.15, -0.1) is 0 Å². The molecule has 2 aliphatic rings. The molecule has 7 heteroatoms. The van der Waals surface area contributed by atoms with Gasteiger partial charge >= 0.3 is 0 Å². The van der Waals surface area contributed by atoms with Gasteiger partial charge in [-0.05, 0) is 30.3 Å². The number of hydrogen-bond acceptors (Lipinski definition) is 3. The van der Waals surface area contributed by atoms with Gasteiger partial charge < -0.3 is 14.9 Å². The number of quaternary nitrogens is 2. The third-order valence-corrected chi connectivity index (χ3v) is 6.63. The van der Waals surface area contributed by atoms with Gasteiger partial charge in [0.15, 0.2) is 6.54 Å². The summed E-state index contributed by atoms with van der Waals surface area (Å²) in [4.78, 5) is 20.0. The number of carbonyl (C=O) groups excluding carboxylic acids is 1. The lowest BCUT2D eigenvalue weighted by molar-refractivity contribution is -1.01. The van der Waals surface area contributed by atoms with Crippen molar-refractivity contribution in [2.75, 3.05) is 50.8 Å². The lowest BCUT2D eigenvalue weighted by atomic mass is 10.2. The number of para-hydroxylation sites is 1. The van der Waals surface area contributed by atoms with E-state index in [2.05, 4.69) is 6.07 Å². The standard InChI is InChI=1S/C20H22ClN3O2S/c21-15-5-6-19-17(13-15)24(16-3-1-2-4-18(16)27-19)20(26)14-23-9-7-22(8-10-23)11-12-25/h1-6,13,25H,7-12,14H2/p+2. The predicted octanol–water partition coefficient (Wildman–Crippen LogP) is 0.245. The quantitative estimate of drug-likeness (QED) is 0.683. The predicted molar refractivity (Wildman–Crippen MR) is 107 cm³/mol. The molecule has 2 aliphatic heterocycles. The van der Waals surface area contributed by atoms with Crippen molar-refractivity contribution < 1.29 is 19.7 Å². The molecule has 0 unspecified atom stereocenters. The summed E-state index contributed by atoms with van der Waals surface area (Å²) in [5.41, 5.74) is 1.81. The number of rotatable bonds is 4. The van der Waals surface area contributed by atoms with Gasteiger partial charge in [-0.2, -0.15) is 0 Å². The average Bonchev–Trinajstić information content (AvgIpc) is 2.68. The first-order valence-electron chi connectivity index (χ1n) is 9.33. The second-order valence-corrected chi connectivity index (χ2v) is 8.58. The van der Waals surface area contributed by atoms with Crippen molar-refractivity contribution >= 4 is 40.6 Å². The number of piperazine rings is 1. The SMILES string of the molecule is O=C(C[NH+]1CC[NH+](CCO)CC1)N1c2ccccc2Sc2ccc(Cl)cc21. The van der Waals surface area contributed by atoms with Gasteiger partial charge in [0.2, 0.25) is 0 Å². The summed E-state index contributed by atoms with van der Waals surface area (Å²) in [5.74, 6) is 0.104. The summed E-state index contributed by atoms with van der Waals surface area (Å²) < 4.78 is 0. The fourth-order valence-corrected chi connectivity index (χ4v) is 5.04. The Balaban J connectivity index is 1.56. The fourth-order valence-electron chi connectivity index (χ4n) is 3.83. The van der Waals surface area contributed by atoms with Crippen LogP contribution in [0.5, 0.6) is 0 Å². The molecule has 0 radical (unpaired) electrons. The summed E-state index contributed by atoms with van der Waals surface area (Å²) in [7, 11) is 0. The van der Waals surface area contributed by atoms with Crippen molar-refractivity contribution in [3.63, 3.8) is 0 Å². The van der Waals surface area contributed by atoms with E-state index < -0.39 is 0 Å². The first kappa shape index (κ1) is 18.8. The van der Waals surface area contributed by atoms with Crippen LogP contribution in [-0.4, -0.2) is 56.9 Å². The fraction of sp³-hybridized carbons (Fsp3) is 0.350. The van der Waals surface area contributed by atoms with Crippen molar-refractivity contribution in [2.45, 2.75) is 9.79 Å². The van der Waals surface area contributed by atoms with Crippen LogP contribution in [0.25, 0.3) is 0 Å². The zero-order valence-electron chi connectivity index (χ0n) is 15.1. The number of aliphatic hydroxyl groups excluding tert-OH is 1. The minimum Gasteiger partial charge on any atom is -0.391 e.